The van der Waals surface area contributed by atoms with Gasteiger partial charge in [0.2, 0.25) is 11.0 Å². The second-order valence-corrected chi connectivity index (χ2v) is 7.29. The highest BCUT2D eigenvalue weighted by molar-refractivity contribution is 8.01. The molecule has 0 radical (unpaired) electrons. The van der Waals surface area contributed by atoms with Crippen LogP contribution in [0.1, 0.15) is 12.7 Å². The number of amides is 1. The van der Waals surface area contributed by atoms with Crippen molar-refractivity contribution in [1.29, 1.82) is 0 Å². The van der Waals surface area contributed by atoms with Crippen molar-refractivity contribution < 1.29 is 9.21 Å². The number of furan rings is 1. The fraction of sp³-hybridized carbons (Fsp3) is 0.235. The second kappa shape index (κ2) is 8.68. The number of thioether (sulfide) groups is 1. The molecule has 6 nitrogen and oxygen atoms in total. The Bertz CT molecular complexity index is 790. The molecule has 0 saturated carbocycles. The molecule has 1 amide bonds. The number of carbonyl (C=O) groups excluding carboxylic acids is 1. The van der Waals surface area contributed by atoms with Crippen LogP contribution in [0.4, 0.5) is 10.8 Å². The summed E-state index contributed by atoms with van der Waals surface area (Å²) in [6, 6.07) is 13.3. The Hall–Kier alpha value is -2.32. The molecule has 2 heterocycles. The van der Waals surface area contributed by atoms with Gasteiger partial charge in [0.25, 0.3) is 0 Å². The van der Waals surface area contributed by atoms with E-state index in [-0.39, 0.29) is 11.7 Å². The van der Waals surface area contributed by atoms with Crippen LogP contribution in [0, 0.1) is 0 Å². The fourth-order valence-electron chi connectivity index (χ4n) is 2.18. The number of nitrogens with zero attached hydrogens (tertiary/aromatic N) is 3. The molecule has 0 bridgehead atoms. The smallest absolute Gasteiger partial charge is 0.237 e. The van der Waals surface area contributed by atoms with Gasteiger partial charge >= 0.3 is 0 Å². The van der Waals surface area contributed by atoms with Gasteiger partial charge in [-0.3, -0.25) is 4.79 Å². The zero-order valence-corrected chi connectivity index (χ0v) is 15.3. The first-order valence-electron chi connectivity index (χ1n) is 7.84. The number of anilines is 2. The molecule has 0 aliphatic carbocycles. The summed E-state index contributed by atoms with van der Waals surface area (Å²) in [4.78, 5) is 14.5. The Morgan fingerprint density at radius 1 is 1.24 bits per heavy atom. The van der Waals surface area contributed by atoms with E-state index in [0.717, 1.165) is 27.5 Å². The molecular weight excluding hydrogens is 356 g/mol. The standard InChI is InChI=1S/C17H18N4O2S2/c1-2-18-16-19-20-17(25-16)24-12-15(22)21(11-14-9-6-10-23-14)13-7-4-3-5-8-13/h3-10H,2,11-12H2,1H3,(H,18,19). The van der Waals surface area contributed by atoms with Gasteiger partial charge < -0.3 is 14.6 Å². The van der Waals surface area contributed by atoms with Crippen LogP contribution in [0.5, 0.6) is 0 Å². The third-order valence-electron chi connectivity index (χ3n) is 3.32. The number of nitrogens with one attached hydrogen (secondary N) is 1. The van der Waals surface area contributed by atoms with Crippen molar-refractivity contribution in [3.05, 3.63) is 54.5 Å². The van der Waals surface area contributed by atoms with Crippen LogP contribution in [-0.4, -0.2) is 28.4 Å². The summed E-state index contributed by atoms with van der Waals surface area (Å²) in [6.07, 6.45) is 1.61. The average Bonchev–Trinajstić information content (AvgIpc) is 3.30. The summed E-state index contributed by atoms with van der Waals surface area (Å²) >= 11 is 2.85. The van der Waals surface area contributed by atoms with E-state index in [1.165, 1.54) is 23.1 Å². The Labute approximate surface area is 154 Å². The van der Waals surface area contributed by atoms with Gasteiger partial charge in [-0.1, -0.05) is 41.3 Å². The second-order valence-electron chi connectivity index (χ2n) is 5.09. The van der Waals surface area contributed by atoms with E-state index in [4.69, 9.17) is 4.42 Å². The number of carbonyl (C=O) groups is 1. The Morgan fingerprint density at radius 3 is 2.80 bits per heavy atom. The van der Waals surface area contributed by atoms with Gasteiger partial charge in [-0.15, -0.1) is 10.2 Å². The number of hydrogen-bond acceptors (Lipinski definition) is 7. The van der Waals surface area contributed by atoms with Crippen LogP contribution in [0.3, 0.4) is 0 Å². The van der Waals surface area contributed by atoms with Crippen molar-refractivity contribution in [2.24, 2.45) is 0 Å². The van der Waals surface area contributed by atoms with E-state index in [1.54, 1.807) is 11.2 Å². The first-order chi connectivity index (χ1) is 12.3. The molecule has 130 valence electrons. The van der Waals surface area contributed by atoms with Gasteiger partial charge in [-0.05, 0) is 31.2 Å². The van der Waals surface area contributed by atoms with Crippen LogP contribution < -0.4 is 10.2 Å². The highest BCUT2D eigenvalue weighted by Gasteiger charge is 2.18. The average molecular weight is 374 g/mol. The lowest BCUT2D eigenvalue weighted by atomic mass is 10.2. The number of para-hydroxylation sites is 1. The Kier molecular flexibility index (Phi) is 6.08. The minimum atomic E-state index is -0.00667. The van der Waals surface area contributed by atoms with Gasteiger partial charge in [0, 0.05) is 12.2 Å². The van der Waals surface area contributed by atoms with Gasteiger partial charge in [0.15, 0.2) is 4.34 Å². The van der Waals surface area contributed by atoms with Crippen LogP contribution in [0.2, 0.25) is 0 Å². The minimum Gasteiger partial charge on any atom is -0.467 e. The van der Waals surface area contributed by atoms with Gasteiger partial charge in [0.05, 0.1) is 18.6 Å². The van der Waals surface area contributed by atoms with E-state index in [0.29, 0.717) is 6.54 Å². The molecular formula is C17H18N4O2S2. The summed E-state index contributed by atoms with van der Waals surface area (Å²) in [6.45, 7) is 3.20. The zero-order chi connectivity index (χ0) is 17.5. The van der Waals surface area contributed by atoms with Gasteiger partial charge in [0.1, 0.15) is 5.76 Å². The van der Waals surface area contributed by atoms with Gasteiger partial charge in [-0.25, -0.2) is 0 Å². The molecule has 1 aromatic carbocycles. The summed E-state index contributed by atoms with van der Waals surface area (Å²) in [5.74, 6) is 1.02. The zero-order valence-electron chi connectivity index (χ0n) is 13.7. The predicted molar refractivity (Wildman–Crippen MR) is 101 cm³/mol. The third kappa shape index (κ3) is 4.83. The van der Waals surface area contributed by atoms with Crippen molar-refractivity contribution in [3.8, 4) is 0 Å². The molecule has 0 spiro atoms. The molecule has 3 rings (SSSR count). The molecule has 0 atom stereocenters. The molecule has 0 aliphatic heterocycles. The maximum atomic E-state index is 12.8. The molecule has 0 fully saturated rings. The van der Waals surface area contributed by atoms with Crippen LogP contribution in [-0.2, 0) is 11.3 Å². The molecule has 25 heavy (non-hydrogen) atoms. The van der Waals surface area contributed by atoms with Crippen molar-refractivity contribution in [3.63, 3.8) is 0 Å². The topological polar surface area (TPSA) is 71.3 Å². The summed E-state index contributed by atoms with van der Waals surface area (Å²) in [5.41, 5.74) is 0.843. The quantitative estimate of drug-likeness (QED) is 0.603. The van der Waals surface area contributed by atoms with Crippen LogP contribution in [0.15, 0.2) is 57.5 Å². The molecule has 0 unspecified atom stereocenters. The van der Waals surface area contributed by atoms with E-state index in [9.17, 15) is 4.79 Å². The lowest BCUT2D eigenvalue weighted by molar-refractivity contribution is -0.116. The molecule has 8 heteroatoms. The maximum absolute atomic E-state index is 12.8. The normalized spacial score (nSPS) is 10.6. The number of hydrogen-bond donors (Lipinski definition) is 1. The van der Waals surface area contributed by atoms with Crippen molar-refractivity contribution in [1.82, 2.24) is 10.2 Å². The fourth-order valence-corrected chi connectivity index (χ4v) is 3.88. The summed E-state index contributed by atoms with van der Waals surface area (Å²) < 4.78 is 6.17. The van der Waals surface area contributed by atoms with Gasteiger partial charge in [-0.2, -0.15) is 0 Å². The third-order valence-corrected chi connectivity index (χ3v) is 5.32. The number of aromatic nitrogens is 2. The predicted octanol–water partition coefficient (Wildman–Crippen LogP) is 3.89. The summed E-state index contributed by atoms with van der Waals surface area (Å²) in [7, 11) is 0. The SMILES string of the molecule is CCNc1nnc(SCC(=O)N(Cc2ccco2)c2ccccc2)s1. The summed E-state index contributed by atoms with van der Waals surface area (Å²) in [5, 5.41) is 12.0. The molecule has 0 saturated heterocycles. The Balaban J connectivity index is 1.68. The lowest BCUT2D eigenvalue weighted by Gasteiger charge is -2.21. The largest absolute Gasteiger partial charge is 0.467 e. The number of benzene rings is 1. The van der Waals surface area contributed by atoms with E-state index in [2.05, 4.69) is 15.5 Å². The van der Waals surface area contributed by atoms with E-state index >= 15 is 0 Å². The van der Waals surface area contributed by atoms with Crippen molar-refractivity contribution in [2.75, 3.05) is 22.5 Å². The highest BCUT2D eigenvalue weighted by atomic mass is 32.2. The van der Waals surface area contributed by atoms with Crippen molar-refractivity contribution in [2.45, 2.75) is 17.8 Å². The molecule has 0 aliphatic rings. The maximum Gasteiger partial charge on any atom is 0.237 e. The van der Waals surface area contributed by atoms with Crippen LogP contribution >= 0.6 is 23.1 Å². The molecule has 1 N–H and O–H groups in total. The van der Waals surface area contributed by atoms with Crippen LogP contribution in [0.25, 0.3) is 0 Å². The lowest BCUT2D eigenvalue weighted by Crippen LogP contribution is -2.31. The monoisotopic (exact) mass is 374 g/mol. The van der Waals surface area contributed by atoms with Crippen molar-refractivity contribution >= 4 is 39.8 Å². The molecule has 3 aromatic rings. The van der Waals surface area contributed by atoms with E-state index in [1.807, 2.05) is 49.4 Å². The number of rotatable bonds is 8. The molecule has 2 aromatic heterocycles. The minimum absolute atomic E-state index is 0.00667. The van der Waals surface area contributed by atoms with E-state index < -0.39 is 0 Å². The highest BCUT2D eigenvalue weighted by Crippen LogP contribution is 2.26. The first kappa shape index (κ1) is 17.5. The first-order valence-corrected chi connectivity index (χ1v) is 9.64. The Morgan fingerprint density at radius 2 is 2.08 bits per heavy atom.